The number of para-hydroxylation sites is 1. The van der Waals surface area contributed by atoms with Crippen molar-refractivity contribution >= 4 is 17.5 Å². The first-order chi connectivity index (χ1) is 12.1. The van der Waals surface area contributed by atoms with Crippen molar-refractivity contribution in [2.45, 2.75) is 19.4 Å². The van der Waals surface area contributed by atoms with Gasteiger partial charge < -0.3 is 15.1 Å². The molecule has 0 bridgehead atoms. The number of nitrogens with two attached hydrogens (primary N) is 1. The van der Waals surface area contributed by atoms with E-state index in [2.05, 4.69) is 4.90 Å². The lowest BCUT2D eigenvalue weighted by molar-refractivity contribution is -0.123. The fourth-order valence-corrected chi connectivity index (χ4v) is 3.14. The zero-order valence-electron chi connectivity index (χ0n) is 14.1. The van der Waals surface area contributed by atoms with Crippen molar-refractivity contribution in [3.63, 3.8) is 0 Å². The number of piperidine rings is 1. The average Bonchev–Trinajstić information content (AvgIpc) is 3.14. The summed E-state index contributed by atoms with van der Waals surface area (Å²) in [5.74, 6) is 0.444. The third kappa shape index (κ3) is 4.48. The third-order valence-electron chi connectivity index (χ3n) is 4.61. The molecule has 2 N–H and O–H groups in total. The molecule has 6 heteroatoms. The topological polar surface area (TPSA) is 79.8 Å². The van der Waals surface area contributed by atoms with E-state index in [9.17, 15) is 9.59 Å². The number of nitrogens with zero attached hydrogens (tertiary/aromatic N) is 2. The van der Waals surface area contributed by atoms with Crippen LogP contribution in [0.4, 0.5) is 5.69 Å². The Kier molecular flexibility index (Phi) is 5.50. The molecule has 3 rings (SSSR count). The highest BCUT2D eigenvalue weighted by Gasteiger charge is 2.26. The zero-order chi connectivity index (χ0) is 17.6. The Bertz CT molecular complexity index is 692. The highest BCUT2D eigenvalue weighted by atomic mass is 16.3. The van der Waals surface area contributed by atoms with Gasteiger partial charge in [-0.2, -0.15) is 0 Å². The Morgan fingerprint density at radius 1 is 1.12 bits per heavy atom. The molecule has 0 atom stereocenters. The second-order valence-electron chi connectivity index (χ2n) is 6.35. The second kappa shape index (κ2) is 7.98. The Balaban J connectivity index is 1.66. The van der Waals surface area contributed by atoms with E-state index in [4.69, 9.17) is 10.2 Å². The maximum atomic E-state index is 12.9. The molecule has 6 nitrogen and oxygen atoms in total. The van der Waals surface area contributed by atoms with Crippen LogP contribution >= 0.6 is 0 Å². The maximum absolute atomic E-state index is 12.9. The minimum atomic E-state index is -0.241. The summed E-state index contributed by atoms with van der Waals surface area (Å²) in [6.45, 7) is 2.14. The molecule has 0 unspecified atom stereocenters. The second-order valence-corrected chi connectivity index (χ2v) is 6.35. The Morgan fingerprint density at radius 2 is 1.84 bits per heavy atom. The lowest BCUT2D eigenvalue weighted by atomic mass is 9.96. The van der Waals surface area contributed by atoms with Gasteiger partial charge in [-0.15, -0.1) is 0 Å². The van der Waals surface area contributed by atoms with E-state index >= 15 is 0 Å². The number of likely N-dealkylation sites (tertiary alicyclic amines) is 1. The number of carbonyl (C=O) groups is 2. The molecule has 25 heavy (non-hydrogen) atoms. The van der Waals surface area contributed by atoms with Crippen LogP contribution in [0.2, 0.25) is 0 Å². The van der Waals surface area contributed by atoms with Crippen molar-refractivity contribution < 1.29 is 14.0 Å². The predicted molar refractivity (Wildman–Crippen MR) is 94.7 cm³/mol. The molecule has 2 aromatic rings. The number of carbonyl (C=O) groups excluding carboxylic acids is 2. The summed E-state index contributed by atoms with van der Waals surface area (Å²) in [5.41, 5.74) is 6.21. The van der Waals surface area contributed by atoms with Gasteiger partial charge in [-0.25, -0.2) is 0 Å². The molecule has 2 amide bonds. The zero-order valence-corrected chi connectivity index (χ0v) is 14.1. The number of amides is 2. The fraction of sp³-hybridized carbons (Fsp3) is 0.368. The van der Waals surface area contributed by atoms with Gasteiger partial charge in [-0.3, -0.25) is 14.5 Å². The number of hydrogen-bond acceptors (Lipinski definition) is 4. The molecular weight excluding hydrogens is 318 g/mol. The molecule has 0 radical (unpaired) electrons. The SMILES string of the molecule is NC(=O)C1CCN(CC(=O)N(Cc2ccco2)c2ccccc2)CC1. The fourth-order valence-electron chi connectivity index (χ4n) is 3.14. The summed E-state index contributed by atoms with van der Waals surface area (Å²) in [4.78, 5) is 28.0. The van der Waals surface area contributed by atoms with Gasteiger partial charge in [0.15, 0.2) is 0 Å². The van der Waals surface area contributed by atoms with Gasteiger partial charge in [0.25, 0.3) is 0 Å². The van der Waals surface area contributed by atoms with Crippen LogP contribution in [0.25, 0.3) is 0 Å². The van der Waals surface area contributed by atoms with Crippen molar-refractivity contribution in [3.05, 3.63) is 54.5 Å². The first kappa shape index (κ1) is 17.2. The van der Waals surface area contributed by atoms with E-state index in [-0.39, 0.29) is 17.7 Å². The van der Waals surface area contributed by atoms with E-state index in [1.54, 1.807) is 11.2 Å². The summed E-state index contributed by atoms with van der Waals surface area (Å²) in [6.07, 6.45) is 3.04. The first-order valence-corrected chi connectivity index (χ1v) is 8.53. The molecule has 1 aliphatic rings. The normalized spacial score (nSPS) is 15.8. The van der Waals surface area contributed by atoms with Crippen LogP contribution in [0.1, 0.15) is 18.6 Å². The summed E-state index contributed by atoms with van der Waals surface area (Å²) >= 11 is 0. The summed E-state index contributed by atoms with van der Waals surface area (Å²) < 4.78 is 5.41. The van der Waals surface area contributed by atoms with Crippen LogP contribution < -0.4 is 10.6 Å². The lowest BCUT2D eigenvalue weighted by Crippen LogP contribution is -2.45. The molecular formula is C19H23N3O3. The largest absolute Gasteiger partial charge is 0.467 e. The van der Waals surface area contributed by atoms with Crippen molar-refractivity contribution in [2.24, 2.45) is 11.7 Å². The minimum absolute atomic E-state index is 0.0140. The molecule has 1 aliphatic heterocycles. The molecule has 2 heterocycles. The average molecular weight is 341 g/mol. The van der Waals surface area contributed by atoms with Crippen molar-refractivity contribution in [2.75, 3.05) is 24.5 Å². The molecule has 1 fully saturated rings. The van der Waals surface area contributed by atoms with Crippen LogP contribution in [-0.2, 0) is 16.1 Å². The van der Waals surface area contributed by atoms with Gasteiger partial charge in [0.2, 0.25) is 11.8 Å². The van der Waals surface area contributed by atoms with E-state index in [0.717, 1.165) is 11.4 Å². The number of rotatable bonds is 6. The number of furan rings is 1. The number of primary amides is 1. The molecule has 1 saturated heterocycles. The lowest BCUT2D eigenvalue weighted by Gasteiger charge is -2.32. The first-order valence-electron chi connectivity index (χ1n) is 8.53. The van der Waals surface area contributed by atoms with Crippen LogP contribution in [-0.4, -0.2) is 36.3 Å². The molecule has 0 aliphatic carbocycles. The standard InChI is InChI=1S/C19H23N3O3/c20-19(24)15-8-10-21(11-9-15)14-18(23)22(13-17-7-4-12-25-17)16-5-2-1-3-6-16/h1-7,12,15H,8-11,13-14H2,(H2,20,24). The summed E-state index contributed by atoms with van der Waals surface area (Å²) in [7, 11) is 0. The highest BCUT2D eigenvalue weighted by Crippen LogP contribution is 2.20. The van der Waals surface area contributed by atoms with E-state index in [0.29, 0.717) is 39.0 Å². The third-order valence-corrected chi connectivity index (χ3v) is 4.61. The maximum Gasteiger partial charge on any atom is 0.241 e. The Labute approximate surface area is 147 Å². The molecule has 0 spiro atoms. The molecule has 1 aromatic carbocycles. The quantitative estimate of drug-likeness (QED) is 0.872. The van der Waals surface area contributed by atoms with Gasteiger partial charge in [0, 0.05) is 11.6 Å². The predicted octanol–water partition coefficient (Wildman–Crippen LogP) is 2.01. The van der Waals surface area contributed by atoms with E-state index < -0.39 is 0 Å². The summed E-state index contributed by atoms with van der Waals surface area (Å²) in [5, 5.41) is 0. The number of benzene rings is 1. The van der Waals surface area contributed by atoms with Crippen LogP contribution in [0.3, 0.4) is 0 Å². The van der Waals surface area contributed by atoms with Crippen LogP contribution in [0.5, 0.6) is 0 Å². The van der Waals surface area contributed by atoms with Gasteiger partial charge in [-0.05, 0) is 50.2 Å². The van der Waals surface area contributed by atoms with Gasteiger partial charge in [0.1, 0.15) is 5.76 Å². The highest BCUT2D eigenvalue weighted by molar-refractivity contribution is 5.94. The van der Waals surface area contributed by atoms with Crippen LogP contribution in [0, 0.1) is 5.92 Å². The monoisotopic (exact) mass is 341 g/mol. The number of hydrogen-bond donors (Lipinski definition) is 1. The molecule has 132 valence electrons. The van der Waals surface area contributed by atoms with E-state index in [1.807, 2.05) is 42.5 Å². The van der Waals surface area contributed by atoms with Crippen molar-refractivity contribution in [1.29, 1.82) is 0 Å². The molecule has 1 aromatic heterocycles. The van der Waals surface area contributed by atoms with Crippen molar-refractivity contribution in [1.82, 2.24) is 4.90 Å². The van der Waals surface area contributed by atoms with Gasteiger partial charge in [-0.1, -0.05) is 18.2 Å². The summed E-state index contributed by atoms with van der Waals surface area (Å²) in [6, 6.07) is 13.3. The number of anilines is 1. The Morgan fingerprint density at radius 3 is 2.44 bits per heavy atom. The minimum Gasteiger partial charge on any atom is -0.467 e. The van der Waals surface area contributed by atoms with Gasteiger partial charge in [0.05, 0.1) is 19.4 Å². The van der Waals surface area contributed by atoms with Crippen molar-refractivity contribution in [3.8, 4) is 0 Å². The van der Waals surface area contributed by atoms with Gasteiger partial charge >= 0.3 is 0 Å². The van der Waals surface area contributed by atoms with E-state index in [1.165, 1.54) is 0 Å². The molecule has 0 saturated carbocycles. The smallest absolute Gasteiger partial charge is 0.241 e. The van der Waals surface area contributed by atoms with Crippen LogP contribution in [0.15, 0.2) is 53.1 Å². The Hall–Kier alpha value is -2.60.